The van der Waals surface area contributed by atoms with Gasteiger partial charge in [0.15, 0.2) is 0 Å². The van der Waals surface area contributed by atoms with Crippen LogP contribution >= 0.6 is 11.6 Å². The lowest BCUT2D eigenvalue weighted by atomic mass is 9.72. The molecule has 0 radical (unpaired) electrons. The first-order valence-corrected chi connectivity index (χ1v) is 7.40. The molecule has 1 saturated carbocycles. The van der Waals surface area contributed by atoms with Gasteiger partial charge in [-0.25, -0.2) is 0 Å². The third-order valence-electron chi connectivity index (χ3n) is 4.25. The number of hydrogen-bond donors (Lipinski definition) is 3. The molecule has 1 aromatic carbocycles. The summed E-state index contributed by atoms with van der Waals surface area (Å²) in [5.41, 5.74) is 10.9. The van der Waals surface area contributed by atoms with Crippen LogP contribution in [-0.2, 0) is 0 Å². The minimum atomic E-state index is 0.113. The van der Waals surface area contributed by atoms with Gasteiger partial charge in [-0.05, 0) is 54.7 Å². The maximum absolute atomic E-state index is 6.09. The smallest absolute Gasteiger partial charge is 0.0508 e. The summed E-state index contributed by atoms with van der Waals surface area (Å²) in [5.74, 6) is 7.83. The van der Waals surface area contributed by atoms with Crippen LogP contribution in [-0.4, -0.2) is 0 Å². The Balaban J connectivity index is 2.23. The second-order valence-electron chi connectivity index (χ2n) is 6.10. The predicted molar refractivity (Wildman–Crippen MR) is 81.6 cm³/mol. The molecule has 1 aliphatic carbocycles. The maximum Gasteiger partial charge on any atom is 0.0508 e. The molecule has 1 fully saturated rings. The molecule has 0 amide bonds. The highest BCUT2D eigenvalue weighted by atomic mass is 35.5. The Kier molecular flexibility index (Phi) is 4.71. The minimum absolute atomic E-state index is 0.113. The summed E-state index contributed by atoms with van der Waals surface area (Å²) in [6.07, 6.45) is 3.70. The lowest BCUT2D eigenvalue weighted by Gasteiger charge is -2.36. The number of nitrogens with two attached hydrogens (primary N) is 2. The normalized spacial score (nSPS) is 29.2. The molecule has 0 spiro atoms. The van der Waals surface area contributed by atoms with Crippen LogP contribution in [0, 0.1) is 17.8 Å². The zero-order chi connectivity index (χ0) is 14.0. The molecular weight excluding hydrogens is 258 g/mol. The summed E-state index contributed by atoms with van der Waals surface area (Å²) in [7, 11) is 0. The first kappa shape index (κ1) is 14.6. The molecule has 3 unspecified atom stereocenters. The van der Waals surface area contributed by atoms with Crippen molar-refractivity contribution in [3.63, 3.8) is 0 Å². The molecule has 0 aromatic heterocycles. The lowest BCUT2D eigenvalue weighted by Crippen LogP contribution is -2.37. The molecule has 106 valence electrons. The fraction of sp³-hybridized carbons (Fsp3) is 0.600. The second-order valence-corrected chi connectivity index (χ2v) is 6.53. The van der Waals surface area contributed by atoms with Gasteiger partial charge in [-0.1, -0.05) is 31.5 Å². The van der Waals surface area contributed by atoms with Crippen molar-refractivity contribution in [2.24, 2.45) is 23.6 Å². The highest BCUT2D eigenvalue weighted by molar-refractivity contribution is 6.30. The van der Waals surface area contributed by atoms with Gasteiger partial charge in [0.25, 0.3) is 0 Å². The highest BCUT2D eigenvalue weighted by Crippen LogP contribution is 2.41. The zero-order valence-electron chi connectivity index (χ0n) is 11.7. The Morgan fingerprint density at radius 1 is 1.21 bits per heavy atom. The van der Waals surface area contributed by atoms with Crippen LogP contribution in [0.3, 0.4) is 0 Å². The minimum Gasteiger partial charge on any atom is -0.398 e. The van der Waals surface area contributed by atoms with Crippen LogP contribution in [0.2, 0.25) is 5.02 Å². The average molecular weight is 282 g/mol. The lowest BCUT2D eigenvalue weighted by molar-refractivity contribution is 0.177. The van der Waals surface area contributed by atoms with Gasteiger partial charge in [0.1, 0.15) is 0 Å². The molecular formula is C15H24ClN3. The third-order valence-corrected chi connectivity index (χ3v) is 4.48. The van der Waals surface area contributed by atoms with Crippen molar-refractivity contribution in [3.8, 4) is 0 Å². The average Bonchev–Trinajstić information content (AvgIpc) is 2.31. The van der Waals surface area contributed by atoms with E-state index in [1.54, 1.807) is 6.07 Å². The Morgan fingerprint density at radius 2 is 1.84 bits per heavy atom. The number of benzene rings is 1. The summed E-state index contributed by atoms with van der Waals surface area (Å²) in [6.45, 7) is 4.64. The molecule has 0 saturated heterocycles. The second kappa shape index (κ2) is 6.12. The van der Waals surface area contributed by atoms with Crippen LogP contribution in [0.1, 0.15) is 44.7 Å². The summed E-state index contributed by atoms with van der Waals surface area (Å²) in [5, 5.41) is 0.669. The Morgan fingerprint density at radius 3 is 2.37 bits per heavy atom. The molecule has 3 nitrogen and oxygen atoms in total. The van der Waals surface area contributed by atoms with Crippen LogP contribution in [0.25, 0.3) is 0 Å². The molecule has 1 aliphatic rings. The summed E-state index contributed by atoms with van der Waals surface area (Å²) in [6, 6.07) is 5.79. The SMILES string of the molecule is CC1CC(C)CC(C(NN)c2ccc(Cl)cc2N)C1. The standard InChI is InChI=1S/C15H24ClN3/c1-9-5-10(2)7-11(6-9)15(19-18)13-4-3-12(16)8-14(13)17/h3-4,8-11,15,19H,5-7,17-18H2,1-2H3. The molecule has 4 heteroatoms. The van der Waals surface area contributed by atoms with Gasteiger partial charge in [0.05, 0.1) is 6.04 Å². The Labute approximate surface area is 120 Å². The summed E-state index contributed by atoms with van der Waals surface area (Å²) >= 11 is 5.97. The van der Waals surface area contributed by atoms with Crippen molar-refractivity contribution in [1.82, 2.24) is 5.43 Å². The predicted octanol–water partition coefficient (Wildman–Crippen LogP) is 3.50. The number of hydrazine groups is 1. The maximum atomic E-state index is 6.09. The first-order valence-electron chi connectivity index (χ1n) is 7.02. The molecule has 0 bridgehead atoms. The van der Waals surface area contributed by atoms with Crippen molar-refractivity contribution in [3.05, 3.63) is 28.8 Å². The third kappa shape index (κ3) is 3.41. The molecule has 0 aliphatic heterocycles. The van der Waals surface area contributed by atoms with Crippen LogP contribution < -0.4 is 17.0 Å². The van der Waals surface area contributed by atoms with E-state index in [0.29, 0.717) is 10.9 Å². The Bertz CT molecular complexity index is 425. The van der Waals surface area contributed by atoms with E-state index in [-0.39, 0.29) is 6.04 Å². The fourth-order valence-corrected chi connectivity index (χ4v) is 3.77. The monoisotopic (exact) mass is 281 g/mol. The van der Waals surface area contributed by atoms with Gasteiger partial charge in [-0.15, -0.1) is 0 Å². The van der Waals surface area contributed by atoms with Gasteiger partial charge in [-0.2, -0.15) is 0 Å². The van der Waals surface area contributed by atoms with E-state index in [4.69, 9.17) is 23.2 Å². The van der Waals surface area contributed by atoms with Gasteiger partial charge < -0.3 is 5.73 Å². The van der Waals surface area contributed by atoms with E-state index in [1.807, 2.05) is 12.1 Å². The van der Waals surface area contributed by atoms with E-state index in [2.05, 4.69) is 19.3 Å². The van der Waals surface area contributed by atoms with Gasteiger partial charge in [0, 0.05) is 10.7 Å². The number of rotatable bonds is 3. The summed E-state index contributed by atoms with van der Waals surface area (Å²) < 4.78 is 0. The number of anilines is 1. The number of nitrogens with one attached hydrogen (secondary N) is 1. The van der Waals surface area contributed by atoms with E-state index >= 15 is 0 Å². The number of nitrogen functional groups attached to an aromatic ring is 1. The van der Waals surface area contributed by atoms with Gasteiger partial charge in [0.2, 0.25) is 0 Å². The van der Waals surface area contributed by atoms with Crippen LogP contribution in [0.15, 0.2) is 18.2 Å². The van der Waals surface area contributed by atoms with Gasteiger partial charge >= 0.3 is 0 Å². The highest BCUT2D eigenvalue weighted by Gasteiger charge is 2.31. The molecule has 3 atom stereocenters. The van der Waals surface area contributed by atoms with Crippen molar-refractivity contribution in [2.75, 3.05) is 5.73 Å². The molecule has 19 heavy (non-hydrogen) atoms. The molecule has 2 rings (SSSR count). The van der Waals surface area contributed by atoms with E-state index in [9.17, 15) is 0 Å². The van der Waals surface area contributed by atoms with Crippen molar-refractivity contribution < 1.29 is 0 Å². The molecule has 5 N–H and O–H groups in total. The van der Waals surface area contributed by atoms with Crippen molar-refractivity contribution >= 4 is 17.3 Å². The van der Waals surface area contributed by atoms with Crippen LogP contribution in [0.4, 0.5) is 5.69 Å². The van der Waals surface area contributed by atoms with Crippen molar-refractivity contribution in [1.29, 1.82) is 0 Å². The van der Waals surface area contributed by atoms with Crippen LogP contribution in [0.5, 0.6) is 0 Å². The number of halogens is 1. The Hall–Kier alpha value is -0.770. The fourth-order valence-electron chi connectivity index (χ4n) is 3.59. The summed E-state index contributed by atoms with van der Waals surface area (Å²) in [4.78, 5) is 0. The largest absolute Gasteiger partial charge is 0.398 e. The number of hydrogen-bond acceptors (Lipinski definition) is 3. The van der Waals surface area contributed by atoms with E-state index in [0.717, 1.165) is 23.1 Å². The van der Waals surface area contributed by atoms with E-state index < -0.39 is 0 Å². The first-order chi connectivity index (χ1) is 9.01. The topological polar surface area (TPSA) is 64.1 Å². The molecule has 1 aromatic rings. The molecule has 0 heterocycles. The zero-order valence-corrected chi connectivity index (χ0v) is 12.5. The van der Waals surface area contributed by atoms with Crippen molar-refractivity contribution in [2.45, 2.75) is 39.2 Å². The van der Waals surface area contributed by atoms with Gasteiger partial charge in [-0.3, -0.25) is 11.3 Å². The van der Waals surface area contributed by atoms with E-state index in [1.165, 1.54) is 19.3 Å². The quantitative estimate of drug-likeness (QED) is 0.451.